The quantitative estimate of drug-likeness (QED) is 0.824. The second kappa shape index (κ2) is 7.37. The lowest BCUT2D eigenvalue weighted by Crippen LogP contribution is -2.53. The fraction of sp³-hybridized carbons (Fsp3) is 0.579. The van der Waals surface area contributed by atoms with E-state index in [9.17, 15) is 18.5 Å². The van der Waals surface area contributed by atoms with E-state index in [0.29, 0.717) is 0 Å². The highest BCUT2D eigenvalue weighted by atomic mass is 32.2. The van der Waals surface area contributed by atoms with Gasteiger partial charge in [0.2, 0.25) is 10.0 Å². The molecule has 1 amide bonds. The van der Waals surface area contributed by atoms with E-state index in [1.165, 1.54) is 12.1 Å². The maximum atomic E-state index is 12.6. The van der Waals surface area contributed by atoms with E-state index in [-0.39, 0.29) is 16.5 Å². The molecule has 1 unspecified atom stereocenters. The van der Waals surface area contributed by atoms with Gasteiger partial charge in [-0.2, -0.15) is 5.26 Å². The maximum absolute atomic E-state index is 12.6. The minimum absolute atomic E-state index is 0.0414. The number of nitrogens with zero attached hydrogens (tertiary/aromatic N) is 1. The summed E-state index contributed by atoms with van der Waals surface area (Å²) in [6.45, 7) is 7.25. The van der Waals surface area contributed by atoms with Crippen LogP contribution in [0.1, 0.15) is 63.7 Å². The van der Waals surface area contributed by atoms with Gasteiger partial charge in [-0.25, -0.2) is 13.1 Å². The number of nitriles is 1. The van der Waals surface area contributed by atoms with E-state index in [0.717, 1.165) is 25.7 Å². The summed E-state index contributed by atoms with van der Waals surface area (Å²) >= 11 is 0. The van der Waals surface area contributed by atoms with Gasteiger partial charge in [-0.3, -0.25) is 4.79 Å². The molecule has 142 valence electrons. The Balaban J connectivity index is 2.23. The van der Waals surface area contributed by atoms with E-state index < -0.39 is 26.9 Å². The molecule has 0 heterocycles. The summed E-state index contributed by atoms with van der Waals surface area (Å²) in [5.41, 5.74) is -1.35. The van der Waals surface area contributed by atoms with Gasteiger partial charge in [0.1, 0.15) is 5.54 Å². The lowest BCUT2D eigenvalue weighted by Gasteiger charge is -2.36. The van der Waals surface area contributed by atoms with Crippen molar-refractivity contribution in [3.8, 4) is 6.07 Å². The van der Waals surface area contributed by atoms with Crippen molar-refractivity contribution in [3.63, 3.8) is 0 Å². The Morgan fingerprint density at radius 3 is 2.35 bits per heavy atom. The normalized spacial score (nSPS) is 18.1. The predicted octanol–water partition coefficient (Wildman–Crippen LogP) is 2.97. The first kappa shape index (κ1) is 20.4. The molecule has 1 aromatic rings. The Morgan fingerprint density at radius 2 is 1.81 bits per heavy atom. The molecule has 1 saturated carbocycles. The Kier molecular flexibility index (Phi) is 5.79. The van der Waals surface area contributed by atoms with Gasteiger partial charge in [-0.15, -0.1) is 0 Å². The van der Waals surface area contributed by atoms with Crippen LogP contribution in [0, 0.1) is 16.7 Å². The Morgan fingerprint density at radius 1 is 1.19 bits per heavy atom. The van der Waals surface area contributed by atoms with Crippen molar-refractivity contribution in [2.45, 2.75) is 69.9 Å². The number of amides is 1. The van der Waals surface area contributed by atoms with E-state index in [1.807, 2.05) is 20.8 Å². The van der Waals surface area contributed by atoms with Gasteiger partial charge < -0.3 is 5.32 Å². The first-order valence-corrected chi connectivity index (χ1v) is 10.3. The molecule has 0 spiro atoms. The van der Waals surface area contributed by atoms with Crippen molar-refractivity contribution in [1.82, 2.24) is 10.0 Å². The molecule has 0 saturated heterocycles. The average Bonchev–Trinajstić information content (AvgIpc) is 3.06. The minimum Gasteiger partial charge on any atom is -0.333 e. The SMILES string of the molecule is CC(C)(C)C(C)(C#N)NC(=O)c1cccc(S(=O)(=O)NC2CCCC2)c1. The second-order valence-electron chi connectivity index (χ2n) is 8.07. The summed E-state index contributed by atoms with van der Waals surface area (Å²) in [5, 5.41) is 12.2. The molecule has 7 heteroatoms. The highest BCUT2D eigenvalue weighted by Gasteiger charge is 2.39. The van der Waals surface area contributed by atoms with Crippen LogP contribution in [-0.2, 0) is 10.0 Å². The Hall–Kier alpha value is -1.91. The molecule has 26 heavy (non-hydrogen) atoms. The number of carbonyl (C=O) groups excluding carboxylic acids is 1. The van der Waals surface area contributed by atoms with E-state index in [1.54, 1.807) is 19.1 Å². The zero-order chi connectivity index (χ0) is 19.6. The first-order valence-electron chi connectivity index (χ1n) is 8.85. The van der Waals surface area contributed by atoms with Crippen molar-refractivity contribution < 1.29 is 13.2 Å². The smallest absolute Gasteiger partial charge is 0.252 e. The summed E-state index contributed by atoms with van der Waals surface area (Å²) < 4.78 is 27.8. The number of nitrogens with one attached hydrogen (secondary N) is 2. The van der Waals surface area contributed by atoms with Crippen LogP contribution in [0.3, 0.4) is 0 Å². The molecule has 1 atom stereocenters. The van der Waals surface area contributed by atoms with Crippen molar-refractivity contribution in [2.75, 3.05) is 0 Å². The zero-order valence-electron chi connectivity index (χ0n) is 15.8. The monoisotopic (exact) mass is 377 g/mol. The van der Waals surface area contributed by atoms with Crippen LogP contribution in [0.15, 0.2) is 29.2 Å². The lowest BCUT2D eigenvalue weighted by atomic mass is 9.76. The van der Waals surface area contributed by atoms with Crippen molar-refractivity contribution in [2.24, 2.45) is 5.41 Å². The lowest BCUT2D eigenvalue weighted by molar-refractivity contribution is 0.0867. The van der Waals surface area contributed by atoms with Crippen LogP contribution < -0.4 is 10.0 Å². The van der Waals surface area contributed by atoms with Gasteiger partial charge in [0.15, 0.2) is 0 Å². The van der Waals surface area contributed by atoms with Crippen LogP contribution in [0.5, 0.6) is 0 Å². The summed E-state index contributed by atoms with van der Waals surface area (Å²) in [7, 11) is -3.67. The zero-order valence-corrected chi connectivity index (χ0v) is 16.6. The van der Waals surface area contributed by atoms with Gasteiger partial charge in [-0.1, -0.05) is 39.7 Å². The van der Waals surface area contributed by atoms with Crippen LogP contribution in [0.2, 0.25) is 0 Å². The van der Waals surface area contributed by atoms with Crippen LogP contribution >= 0.6 is 0 Å². The molecule has 0 aromatic heterocycles. The van der Waals surface area contributed by atoms with Crippen molar-refractivity contribution in [3.05, 3.63) is 29.8 Å². The molecule has 1 fully saturated rings. The number of hydrogen-bond acceptors (Lipinski definition) is 4. The second-order valence-corrected chi connectivity index (χ2v) is 9.79. The van der Waals surface area contributed by atoms with Crippen LogP contribution in [-0.4, -0.2) is 25.9 Å². The molecule has 1 aliphatic carbocycles. The molecular formula is C19H27N3O3S. The standard InChI is InChI=1S/C19H27N3O3S/c1-18(2,3)19(4,13-20)21-17(23)14-8-7-11-16(12-14)26(24,25)22-15-9-5-6-10-15/h7-8,11-12,15,22H,5-6,9-10H2,1-4H3,(H,21,23). The number of rotatable bonds is 5. The molecule has 6 nitrogen and oxygen atoms in total. The summed E-state index contributed by atoms with van der Waals surface area (Å²) in [6.07, 6.45) is 3.72. The average molecular weight is 378 g/mol. The molecule has 0 radical (unpaired) electrons. The van der Waals surface area contributed by atoms with Gasteiger partial charge >= 0.3 is 0 Å². The van der Waals surface area contributed by atoms with Crippen LogP contribution in [0.25, 0.3) is 0 Å². The number of benzene rings is 1. The third-order valence-electron chi connectivity index (χ3n) is 5.17. The van der Waals surface area contributed by atoms with E-state index >= 15 is 0 Å². The summed E-state index contributed by atoms with van der Waals surface area (Å²) in [6, 6.07) is 8.02. The van der Waals surface area contributed by atoms with Gasteiger partial charge in [0.05, 0.1) is 11.0 Å². The van der Waals surface area contributed by atoms with Crippen molar-refractivity contribution >= 4 is 15.9 Å². The molecule has 0 aliphatic heterocycles. The minimum atomic E-state index is -3.67. The molecule has 1 aromatic carbocycles. The number of sulfonamides is 1. The van der Waals surface area contributed by atoms with Crippen LogP contribution in [0.4, 0.5) is 0 Å². The highest BCUT2D eigenvalue weighted by Crippen LogP contribution is 2.30. The molecule has 2 N–H and O–H groups in total. The summed E-state index contributed by atoms with van der Waals surface area (Å²) in [4.78, 5) is 12.7. The van der Waals surface area contributed by atoms with Gasteiger partial charge in [0.25, 0.3) is 5.91 Å². The first-order chi connectivity index (χ1) is 12.0. The molecular weight excluding hydrogens is 350 g/mol. The van der Waals surface area contributed by atoms with E-state index in [4.69, 9.17) is 0 Å². The van der Waals surface area contributed by atoms with E-state index in [2.05, 4.69) is 16.1 Å². The third kappa shape index (κ3) is 4.43. The number of hydrogen-bond donors (Lipinski definition) is 2. The molecule has 2 rings (SSSR count). The third-order valence-corrected chi connectivity index (χ3v) is 6.69. The van der Waals surface area contributed by atoms with Gasteiger partial charge in [-0.05, 0) is 43.4 Å². The maximum Gasteiger partial charge on any atom is 0.252 e. The molecule has 1 aliphatic rings. The fourth-order valence-corrected chi connectivity index (χ4v) is 4.17. The topological polar surface area (TPSA) is 99.1 Å². The summed E-state index contributed by atoms with van der Waals surface area (Å²) in [5.74, 6) is -0.470. The number of carbonyl (C=O) groups is 1. The Bertz CT molecular complexity index is 815. The van der Waals surface area contributed by atoms with Crippen molar-refractivity contribution in [1.29, 1.82) is 5.26 Å². The Labute approximate surface area is 156 Å². The highest BCUT2D eigenvalue weighted by molar-refractivity contribution is 7.89. The predicted molar refractivity (Wildman–Crippen MR) is 100.0 cm³/mol. The fourth-order valence-electron chi connectivity index (χ4n) is 2.82. The van der Waals surface area contributed by atoms with Gasteiger partial charge in [0, 0.05) is 11.6 Å². The largest absolute Gasteiger partial charge is 0.333 e. The molecule has 0 bridgehead atoms.